The maximum absolute atomic E-state index is 12.4. The van der Waals surface area contributed by atoms with Crippen LogP contribution in [0.3, 0.4) is 0 Å². The molecule has 2 rings (SSSR count). The molecule has 90 valence electrons. The molecule has 0 amide bonds. The van der Waals surface area contributed by atoms with E-state index in [0.29, 0.717) is 24.2 Å². The van der Waals surface area contributed by atoms with E-state index in [9.17, 15) is 18.0 Å². The van der Waals surface area contributed by atoms with Crippen molar-refractivity contribution in [2.24, 2.45) is 0 Å². The highest BCUT2D eigenvalue weighted by Gasteiger charge is 2.30. The van der Waals surface area contributed by atoms with Gasteiger partial charge in [0.2, 0.25) is 0 Å². The molecular formula is C12H10F3NO. The number of nitrogens with one attached hydrogen (secondary N) is 1. The first-order valence-electron chi connectivity index (χ1n) is 5.13. The van der Waals surface area contributed by atoms with Gasteiger partial charge >= 0.3 is 6.18 Å². The average molecular weight is 241 g/mol. The number of rotatable bonds is 2. The standard InChI is InChI=1S/C12H10F3NO/c13-12(14,15)8-2-1-3-9(6-8)16-10-4-5-11(17)7-10/h1-3,6-7,16H,4-5H2. The summed E-state index contributed by atoms with van der Waals surface area (Å²) in [6, 6.07) is 4.92. The highest BCUT2D eigenvalue weighted by atomic mass is 19.4. The van der Waals surface area contributed by atoms with Gasteiger partial charge in [-0.3, -0.25) is 4.79 Å². The van der Waals surface area contributed by atoms with E-state index in [4.69, 9.17) is 0 Å². The van der Waals surface area contributed by atoms with Crippen LogP contribution in [-0.2, 0) is 11.0 Å². The number of anilines is 1. The van der Waals surface area contributed by atoms with Crippen molar-refractivity contribution in [2.45, 2.75) is 19.0 Å². The summed E-state index contributed by atoms with van der Waals surface area (Å²) < 4.78 is 37.3. The van der Waals surface area contributed by atoms with E-state index < -0.39 is 11.7 Å². The molecular weight excluding hydrogens is 231 g/mol. The van der Waals surface area contributed by atoms with Crippen LogP contribution >= 0.6 is 0 Å². The van der Waals surface area contributed by atoms with Crippen molar-refractivity contribution in [3.63, 3.8) is 0 Å². The Morgan fingerprint density at radius 2 is 1.94 bits per heavy atom. The summed E-state index contributed by atoms with van der Waals surface area (Å²) in [5.41, 5.74) is 0.308. The second kappa shape index (κ2) is 4.24. The maximum Gasteiger partial charge on any atom is 0.416 e. The molecule has 0 unspecified atom stereocenters. The Balaban J connectivity index is 2.17. The maximum atomic E-state index is 12.4. The van der Waals surface area contributed by atoms with Gasteiger partial charge in [0.25, 0.3) is 0 Å². The number of hydrogen-bond donors (Lipinski definition) is 1. The molecule has 1 aromatic rings. The Hall–Kier alpha value is -1.78. The quantitative estimate of drug-likeness (QED) is 0.860. The second-order valence-corrected chi connectivity index (χ2v) is 3.84. The molecule has 1 aliphatic carbocycles. The van der Waals surface area contributed by atoms with Crippen LogP contribution in [0.2, 0.25) is 0 Å². The fourth-order valence-corrected chi connectivity index (χ4v) is 1.65. The molecule has 5 heteroatoms. The van der Waals surface area contributed by atoms with E-state index >= 15 is 0 Å². The van der Waals surface area contributed by atoms with Gasteiger partial charge in [-0.05, 0) is 24.6 Å². The molecule has 1 aliphatic rings. The van der Waals surface area contributed by atoms with Crippen LogP contribution in [0.15, 0.2) is 36.0 Å². The summed E-state index contributed by atoms with van der Waals surface area (Å²) in [4.78, 5) is 11.0. The summed E-state index contributed by atoms with van der Waals surface area (Å²) in [5.74, 6) is -0.000485. The smallest absolute Gasteiger partial charge is 0.359 e. The van der Waals surface area contributed by atoms with Crippen molar-refractivity contribution in [3.05, 3.63) is 41.6 Å². The molecule has 0 radical (unpaired) electrons. The molecule has 0 bridgehead atoms. The summed E-state index contributed by atoms with van der Waals surface area (Å²) >= 11 is 0. The second-order valence-electron chi connectivity index (χ2n) is 3.84. The van der Waals surface area contributed by atoms with Gasteiger partial charge in [-0.25, -0.2) is 0 Å². The zero-order chi connectivity index (χ0) is 12.5. The monoisotopic (exact) mass is 241 g/mol. The molecule has 1 aromatic carbocycles. The molecule has 1 N–H and O–H groups in total. The van der Waals surface area contributed by atoms with Crippen LogP contribution in [0.5, 0.6) is 0 Å². The van der Waals surface area contributed by atoms with Crippen LogP contribution in [0, 0.1) is 0 Å². The lowest BCUT2D eigenvalue weighted by Crippen LogP contribution is -2.05. The Kier molecular flexibility index (Phi) is 2.92. The predicted octanol–water partition coefficient (Wildman–Crippen LogP) is 3.36. The van der Waals surface area contributed by atoms with Crippen LogP contribution < -0.4 is 5.32 Å². The number of ketones is 1. The van der Waals surface area contributed by atoms with Gasteiger partial charge in [-0.2, -0.15) is 13.2 Å². The lowest BCUT2D eigenvalue weighted by Gasteiger charge is -2.10. The van der Waals surface area contributed by atoms with E-state index in [1.807, 2.05) is 0 Å². The third kappa shape index (κ3) is 2.87. The fourth-order valence-electron chi connectivity index (χ4n) is 1.65. The van der Waals surface area contributed by atoms with Gasteiger partial charge in [0.15, 0.2) is 5.78 Å². The zero-order valence-corrected chi connectivity index (χ0v) is 8.84. The minimum Gasteiger partial charge on any atom is -0.359 e. The van der Waals surface area contributed by atoms with E-state index in [0.717, 1.165) is 12.1 Å². The summed E-state index contributed by atoms with van der Waals surface area (Å²) in [7, 11) is 0. The van der Waals surface area contributed by atoms with Crippen molar-refractivity contribution in [2.75, 3.05) is 5.32 Å². The number of carbonyl (C=O) groups excluding carboxylic acids is 1. The molecule has 0 saturated heterocycles. The minimum absolute atomic E-state index is 0.000485. The Morgan fingerprint density at radius 1 is 1.18 bits per heavy atom. The summed E-state index contributed by atoms with van der Waals surface area (Å²) in [5, 5.41) is 2.82. The molecule has 17 heavy (non-hydrogen) atoms. The van der Waals surface area contributed by atoms with Gasteiger partial charge in [0.1, 0.15) is 0 Å². The van der Waals surface area contributed by atoms with Crippen molar-refractivity contribution in [1.82, 2.24) is 0 Å². The number of hydrogen-bond acceptors (Lipinski definition) is 2. The summed E-state index contributed by atoms with van der Waals surface area (Å²) in [6.07, 6.45) is -1.95. The van der Waals surface area contributed by atoms with Crippen LogP contribution in [0.1, 0.15) is 18.4 Å². The number of carbonyl (C=O) groups is 1. The number of halogens is 3. The van der Waals surface area contributed by atoms with Crippen molar-refractivity contribution in [3.8, 4) is 0 Å². The molecule has 0 heterocycles. The van der Waals surface area contributed by atoms with Crippen LogP contribution in [0.4, 0.5) is 18.9 Å². The average Bonchev–Trinajstić information content (AvgIpc) is 2.63. The lowest BCUT2D eigenvalue weighted by molar-refractivity contribution is -0.137. The lowest BCUT2D eigenvalue weighted by atomic mass is 10.2. The van der Waals surface area contributed by atoms with E-state index in [2.05, 4.69) is 5.32 Å². The molecule has 0 atom stereocenters. The van der Waals surface area contributed by atoms with E-state index in [1.54, 1.807) is 6.07 Å². The molecule has 0 aliphatic heterocycles. The Morgan fingerprint density at radius 3 is 2.53 bits per heavy atom. The highest BCUT2D eigenvalue weighted by Crippen LogP contribution is 2.31. The first kappa shape index (κ1) is 11.7. The zero-order valence-electron chi connectivity index (χ0n) is 8.84. The van der Waals surface area contributed by atoms with Gasteiger partial charge in [0, 0.05) is 23.9 Å². The van der Waals surface area contributed by atoms with Crippen molar-refractivity contribution < 1.29 is 18.0 Å². The van der Waals surface area contributed by atoms with E-state index in [-0.39, 0.29) is 5.78 Å². The van der Waals surface area contributed by atoms with Crippen molar-refractivity contribution in [1.29, 1.82) is 0 Å². The Bertz CT molecular complexity index is 477. The number of alkyl halides is 3. The third-order valence-electron chi connectivity index (χ3n) is 2.47. The van der Waals surface area contributed by atoms with Gasteiger partial charge < -0.3 is 5.32 Å². The van der Waals surface area contributed by atoms with Crippen molar-refractivity contribution >= 4 is 11.5 Å². The minimum atomic E-state index is -4.35. The molecule has 0 aromatic heterocycles. The predicted molar refractivity (Wildman–Crippen MR) is 57.4 cm³/mol. The first-order chi connectivity index (χ1) is 7.95. The van der Waals surface area contributed by atoms with E-state index in [1.165, 1.54) is 12.1 Å². The SMILES string of the molecule is O=C1C=C(Nc2cccc(C(F)(F)F)c2)CC1. The molecule has 0 saturated carbocycles. The van der Waals surface area contributed by atoms with Gasteiger partial charge in [-0.15, -0.1) is 0 Å². The number of benzene rings is 1. The molecule has 0 fully saturated rings. The van der Waals surface area contributed by atoms with Gasteiger partial charge in [-0.1, -0.05) is 6.07 Å². The first-order valence-corrected chi connectivity index (χ1v) is 5.13. The normalized spacial score (nSPS) is 15.9. The topological polar surface area (TPSA) is 29.1 Å². The molecule has 0 spiro atoms. The number of allylic oxidation sites excluding steroid dienone is 2. The summed E-state index contributed by atoms with van der Waals surface area (Å²) in [6.45, 7) is 0. The van der Waals surface area contributed by atoms with Crippen LogP contribution in [-0.4, -0.2) is 5.78 Å². The Labute approximate surface area is 96.1 Å². The largest absolute Gasteiger partial charge is 0.416 e. The molecule has 2 nitrogen and oxygen atoms in total. The highest BCUT2D eigenvalue weighted by molar-refractivity contribution is 5.93. The fraction of sp³-hybridized carbons (Fsp3) is 0.250. The third-order valence-corrected chi connectivity index (χ3v) is 2.47. The van der Waals surface area contributed by atoms with Crippen LogP contribution in [0.25, 0.3) is 0 Å². The van der Waals surface area contributed by atoms with Gasteiger partial charge in [0.05, 0.1) is 5.56 Å².